The number of nitrogens with one attached hydrogen (secondary N) is 2. The molecule has 1 rings (SSSR count). The summed E-state index contributed by atoms with van der Waals surface area (Å²) in [6, 6.07) is 7.23. The van der Waals surface area contributed by atoms with E-state index < -0.39 is 5.97 Å². The number of carboxylic acid groups (broad SMARTS) is 1. The average molecular weight is 250 g/mol. The van der Waals surface area contributed by atoms with Crippen LogP contribution >= 0.6 is 0 Å². The molecule has 0 aliphatic carbocycles. The number of hydrogen-bond donors (Lipinski definition) is 3. The van der Waals surface area contributed by atoms with Crippen molar-refractivity contribution in [3.8, 4) is 0 Å². The smallest absolute Gasteiger partial charge is 0.319 e. The molecular weight excluding hydrogens is 232 g/mol. The number of hydrogen-bond acceptors (Lipinski definition) is 2. The molecule has 2 amide bonds. The van der Waals surface area contributed by atoms with E-state index in [-0.39, 0.29) is 19.0 Å². The Labute approximate surface area is 106 Å². The number of amides is 2. The molecule has 0 bridgehead atoms. The maximum atomic E-state index is 11.4. The summed E-state index contributed by atoms with van der Waals surface area (Å²) >= 11 is 0. The molecule has 18 heavy (non-hydrogen) atoms. The lowest BCUT2D eigenvalue weighted by atomic mass is 10.1. The van der Waals surface area contributed by atoms with Gasteiger partial charge in [0.25, 0.3) is 0 Å². The SMILES string of the molecule is CCCc1cccc(NC(=O)NCCC(=O)O)c1. The predicted octanol–water partition coefficient (Wildman–Crippen LogP) is 2.24. The molecule has 0 heterocycles. The van der Waals surface area contributed by atoms with Crippen molar-refractivity contribution in [1.29, 1.82) is 0 Å². The van der Waals surface area contributed by atoms with E-state index in [2.05, 4.69) is 17.6 Å². The number of anilines is 1. The highest BCUT2D eigenvalue weighted by atomic mass is 16.4. The lowest BCUT2D eigenvalue weighted by molar-refractivity contribution is -0.136. The zero-order valence-corrected chi connectivity index (χ0v) is 10.4. The summed E-state index contributed by atoms with van der Waals surface area (Å²) in [5.41, 5.74) is 1.88. The van der Waals surface area contributed by atoms with Crippen LogP contribution in [0.3, 0.4) is 0 Å². The van der Waals surface area contributed by atoms with Gasteiger partial charge in [0.1, 0.15) is 0 Å². The molecule has 0 aliphatic rings. The van der Waals surface area contributed by atoms with E-state index in [1.54, 1.807) is 6.07 Å². The van der Waals surface area contributed by atoms with Gasteiger partial charge in [0.15, 0.2) is 0 Å². The lowest BCUT2D eigenvalue weighted by Crippen LogP contribution is -2.30. The van der Waals surface area contributed by atoms with Gasteiger partial charge in [0.05, 0.1) is 6.42 Å². The topological polar surface area (TPSA) is 78.4 Å². The molecular formula is C13H18N2O3. The summed E-state index contributed by atoms with van der Waals surface area (Å²) in [5.74, 6) is -0.930. The van der Waals surface area contributed by atoms with Crippen molar-refractivity contribution in [2.45, 2.75) is 26.2 Å². The van der Waals surface area contributed by atoms with Crippen LogP contribution in [0.15, 0.2) is 24.3 Å². The van der Waals surface area contributed by atoms with Gasteiger partial charge >= 0.3 is 12.0 Å². The molecule has 0 aliphatic heterocycles. The van der Waals surface area contributed by atoms with Crippen LogP contribution in [0, 0.1) is 0 Å². The van der Waals surface area contributed by atoms with Crippen LogP contribution in [0.1, 0.15) is 25.3 Å². The van der Waals surface area contributed by atoms with Crippen LogP contribution in [-0.2, 0) is 11.2 Å². The van der Waals surface area contributed by atoms with Crippen molar-refractivity contribution in [1.82, 2.24) is 5.32 Å². The maximum Gasteiger partial charge on any atom is 0.319 e. The van der Waals surface area contributed by atoms with Gasteiger partial charge in [-0.05, 0) is 24.1 Å². The number of carbonyl (C=O) groups is 2. The molecule has 5 heteroatoms. The molecule has 0 fully saturated rings. The zero-order valence-electron chi connectivity index (χ0n) is 10.4. The number of carbonyl (C=O) groups excluding carboxylic acids is 1. The summed E-state index contributed by atoms with van der Waals surface area (Å²) in [7, 11) is 0. The van der Waals surface area contributed by atoms with Crippen molar-refractivity contribution in [3.63, 3.8) is 0 Å². The third-order valence-corrected chi connectivity index (χ3v) is 2.35. The molecule has 0 aromatic heterocycles. The fourth-order valence-electron chi connectivity index (χ4n) is 1.55. The normalized spacial score (nSPS) is 9.83. The minimum absolute atomic E-state index is 0.0801. The fraction of sp³-hybridized carbons (Fsp3) is 0.385. The molecule has 0 radical (unpaired) electrons. The van der Waals surface area contributed by atoms with Gasteiger partial charge in [0, 0.05) is 12.2 Å². The number of carboxylic acids is 1. The van der Waals surface area contributed by atoms with Crippen molar-refractivity contribution in [2.24, 2.45) is 0 Å². The highest BCUT2D eigenvalue weighted by molar-refractivity contribution is 5.89. The second-order valence-corrected chi connectivity index (χ2v) is 3.98. The summed E-state index contributed by atoms with van der Waals surface area (Å²) in [5, 5.41) is 13.6. The Hall–Kier alpha value is -2.04. The molecule has 1 aromatic rings. The third-order valence-electron chi connectivity index (χ3n) is 2.35. The molecule has 0 saturated heterocycles. The van der Waals surface area contributed by atoms with Gasteiger partial charge in [-0.1, -0.05) is 25.5 Å². The number of aliphatic carboxylic acids is 1. The Balaban J connectivity index is 2.43. The number of rotatable bonds is 6. The first-order chi connectivity index (χ1) is 8.61. The van der Waals surface area contributed by atoms with Crippen molar-refractivity contribution >= 4 is 17.7 Å². The standard InChI is InChI=1S/C13H18N2O3/c1-2-4-10-5-3-6-11(9-10)15-13(18)14-8-7-12(16)17/h3,5-6,9H,2,4,7-8H2,1H3,(H,16,17)(H2,14,15,18). The van der Waals surface area contributed by atoms with Crippen LogP contribution in [0.4, 0.5) is 10.5 Å². The van der Waals surface area contributed by atoms with E-state index in [0.717, 1.165) is 12.8 Å². The molecule has 5 nitrogen and oxygen atoms in total. The summed E-state index contributed by atoms with van der Waals surface area (Å²) in [4.78, 5) is 21.7. The maximum absolute atomic E-state index is 11.4. The van der Waals surface area contributed by atoms with Crippen LogP contribution < -0.4 is 10.6 Å². The van der Waals surface area contributed by atoms with Crippen molar-refractivity contribution < 1.29 is 14.7 Å². The Kier molecular flexibility index (Phi) is 5.70. The van der Waals surface area contributed by atoms with Gasteiger partial charge in [-0.3, -0.25) is 4.79 Å². The van der Waals surface area contributed by atoms with E-state index in [0.29, 0.717) is 5.69 Å². The van der Waals surface area contributed by atoms with Gasteiger partial charge in [-0.25, -0.2) is 4.79 Å². The third kappa shape index (κ3) is 5.34. The zero-order chi connectivity index (χ0) is 13.4. The molecule has 1 aromatic carbocycles. The highest BCUT2D eigenvalue weighted by Gasteiger charge is 2.03. The first kappa shape index (κ1) is 14.0. The van der Waals surface area contributed by atoms with Crippen molar-refractivity contribution in [2.75, 3.05) is 11.9 Å². The number of benzene rings is 1. The summed E-state index contributed by atoms with van der Waals surface area (Å²) < 4.78 is 0. The van der Waals surface area contributed by atoms with Crippen LogP contribution in [0.2, 0.25) is 0 Å². The Bertz CT molecular complexity index is 418. The molecule has 98 valence electrons. The van der Waals surface area contributed by atoms with Gasteiger partial charge < -0.3 is 15.7 Å². The monoisotopic (exact) mass is 250 g/mol. The Morgan fingerprint density at radius 2 is 2.11 bits per heavy atom. The summed E-state index contributed by atoms with van der Waals surface area (Å²) in [6.07, 6.45) is 1.94. The van der Waals surface area contributed by atoms with Crippen LogP contribution in [-0.4, -0.2) is 23.7 Å². The second kappa shape index (κ2) is 7.32. The molecule has 0 spiro atoms. The molecule has 0 saturated carbocycles. The van der Waals surface area contributed by atoms with Crippen LogP contribution in [0.5, 0.6) is 0 Å². The highest BCUT2D eigenvalue weighted by Crippen LogP contribution is 2.11. The second-order valence-electron chi connectivity index (χ2n) is 3.98. The first-order valence-corrected chi connectivity index (χ1v) is 5.97. The Morgan fingerprint density at radius 1 is 1.33 bits per heavy atom. The quantitative estimate of drug-likeness (QED) is 0.724. The molecule has 3 N–H and O–H groups in total. The molecule has 0 unspecified atom stereocenters. The number of aryl methyl sites for hydroxylation is 1. The van der Waals surface area contributed by atoms with E-state index in [1.807, 2.05) is 18.2 Å². The largest absolute Gasteiger partial charge is 0.481 e. The van der Waals surface area contributed by atoms with E-state index in [1.165, 1.54) is 5.56 Å². The van der Waals surface area contributed by atoms with Crippen LogP contribution in [0.25, 0.3) is 0 Å². The van der Waals surface area contributed by atoms with Crippen molar-refractivity contribution in [3.05, 3.63) is 29.8 Å². The van der Waals surface area contributed by atoms with E-state index in [4.69, 9.17) is 5.11 Å². The fourth-order valence-corrected chi connectivity index (χ4v) is 1.55. The number of urea groups is 1. The first-order valence-electron chi connectivity index (χ1n) is 5.97. The average Bonchev–Trinajstić information content (AvgIpc) is 2.29. The van der Waals surface area contributed by atoms with Gasteiger partial charge in [0.2, 0.25) is 0 Å². The van der Waals surface area contributed by atoms with E-state index >= 15 is 0 Å². The van der Waals surface area contributed by atoms with Gasteiger partial charge in [-0.2, -0.15) is 0 Å². The lowest BCUT2D eigenvalue weighted by Gasteiger charge is -2.08. The Morgan fingerprint density at radius 3 is 2.78 bits per heavy atom. The molecule has 0 atom stereocenters. The minimum Gasteiger partial charge on any atom is -0.481 e. The predicted molar refractivity (Wildman–Crippen MR) is 69.7 cm³/mol. The minimum atomic E-state index is -0.930. The van der Waals surface area contributed by atoms with E-state index in [9.17, 15) is 9.59 Å². The summed E-state index contributed by atoms with van der Waals surface area (Å²) in [6.45, 7) is 2.22. The van der Waals surface area contributed by atoms with Gasteiger partial charge in [-0.15, -0.1) is 0 Å².